The second-order valence-electron chi connectivity index (χ2n) is 3.69. The molecule has 0 spiro atoms. The Hall–Kier alpha value is -2.17. The number of aromatic carboxylic acids is 1. The third kappa shape index (κ3) is 2.18. The molecule has 1 aromatic heterocycles. The summed E-state index contributed by atoms with van der Waals surface area (Å²) >= 11 is 0. The summed E-state index contributed by atoms with van der Waals surface area (Å²) in [4.78, 5) is 14.6. The van der Waals surface area contributed by atoms with E-state index in [2.05, 4.69) is 4.98 Å². The van der Waals surface area contributed by atoms with Gasteiger partial charge in [0.15, 0.2) is 6.17 Å². The van der Waals surface area contributed by atoms with Crippen LogP contribution in [-0.2, 0) is 7.05 Å². The van der Waals surface area contributed by atoms with Gasteiger partial charge in [0.25, 0.3) is 0 Å². The lowest BCUT2D eigenvalue weighted by molar-refractivity contribution is 0.0697. The van der Waals surface area contributed by atoms with Crippen LogP contribution >= 0.6 is 0 Å². The number of imidazole rings is 1. The molecule has 1 unspecified atom stereocenters. The Morgan fingerprint density at radius 1 is 1.41 bits per heavy atom. The van der Waals surface area contributed by atoms with Crippen LogP contribution < -0.4 is 0 Å². The molecule has 17 heavy (non-hydrogen) atoms. The Morgan fingerprint density at radius 3 is 2.53 bits per heavy atom. The number of alkyl halides is 1. The van der Waals surface area contributed by atoms with Gasteiger partial charge in [-0.3, -0.25) is 0 Å². The van der Waals surface area contributed by atoms with Gasteiger partial charge in [-0.1, -0.05) is 12.1 Å². The van der Waals surface area contributed by atoms with Gasteiger partial charge >= 0.3 is 5.97 Å². The summed E-state index contributed by atoms with van der Waals surface area (Å²) in [6, 6.07) is 5.69. The van der Waals surface area contributed by atoms with Crippen LogP contribution in [0.2, 0.25) is 0 Å². The summed E-state index contributed by atoms with van der Waals surface area (Å²) < 4.78 is 15.7. The number of nitrogens with zero attached hydrogens (tertiary/aromatic N) is 2. The van der Waals surface area contributed by atoms with Crippen molar-refractivity contribution in [2.75, 3.05) is 0 Å². The van der Waals surface area contributed by atoms with Gasteiger partial charge in [-0.2, -0.15) is 0 Å². The van der Waals surface area contributed by atoms with Gasteiger partial charge in [0.2, 0.25) is 0 Å². The van der Waals surface area contributed by atoms with Crippen LogP contribution in [-0.4, -0.2) is 20.6 Å². The van der Waals surface area contributed by atoms with Crippen molar-refractivity contribution in [3.05, 3.63) is 53.6 Å². The highest BCUT2D eigenvalue weighted by molar-refractivity contribution is 5.87. The summed E-state index contributed by atoms with van der Waals surface area (Å²) in [5.74, 6) is -0.725. The number of aryl methyl sites for hydroxylation is 1. The zero-order valence-electron chi connectivity index (χ0n) is 9.17. The fourth-order valence-electron chi connectivity index (χ4n) is 1.57. The Labute approximate surface area is 97.3 Å². The highest BCUT2D eigenvalue weighted by Gasteiger charge is 2.17. The molecule has 0 saturated heterocycles. The summed E-state index contributed by atoms with van der Waals surface area (Å²) in [6.07, 6.45) is 1.83. The maximum atomic E-state index is 14.1. The quantitative estimate of drug-likeness (QED) is 0.885. The van der Waals surface area contributed by atoms with E-state index in [1.165, 1.54) is 30.5 Å². The molecule has 2 rings (SSSR count). The molecule has 0 amide bonds. The Kier molecular flexibility index (Phi) is 2.91. The first kappa shape index (κ1) is 11.3. The van der Waals surface area contributed by atoms with Crippen LogP contribution in [0.1, 0.15) is 27.9 Å². The predicted molar refractivity (Wildman–Crippen MR) is 59.6 cm³/mol. The molecule has 0 aliphatic carbocycles. The van der Waals surface area contributed by atoms with Gasteiger partial charge in [0, 0.05) is 19.4 Å². The summed E-state index contributed by atoms with van der Waals surface area (Å²) in [5, 5.41) is 8.73. The molecule has 0 aliphatic rings. The van der Waals surface area contributed by atoms with E-state index < -0.39 is 12.1 Å². The lowest BCUT2D eigenvalue weighted by atomic mass is 10.1. The minimum atomic E-state index is -1.35. The van der Waals surface area contributed by atoms with E-state index in [1.54, 1.807) is 17.8 Å². The highest BCUT2D eigenvalue weighted by Crippen LogP contribution is 2.24. The molecule has 0 fully saturated rings. The number of benzene rings is 1. The van der Waals surface area contributed by atoms with Crippen molar-refractivity contribution < 1.29 is 14.3 Å². The summed E-state index contributed by atoms with van der Waals surface area (Å²) in [6.45, 7) is 0. The van der Waals surface area contributed by atoms with Crippen LogP contribution in [0.4, 0.5) is 4.39 Å². The summed E-state index contributed by atoms with van der Waals surface area (Å²) in [7, 11) is 1.71. The van der Waals surface area contributed by atoms with Gasteiger partial charge in [0.1, 0.15) is 5.82 Å². The zero-order valence-corrected chi connectivity index (χ0v) is 9.17. The summed E-state index contributed by atoms with van der Waals surface area (Å²) in [5.41, 5.74) is 0.532. The maximum absolute atomic E-state index is 14.1. The number of carboxylic acid groups (broad SMARTS) is 1. The van der Waals surface area contributed by atoms with Crippen molar-refractivity contribution >= 4 is 5.97 Å². The number of aromatic nitrogens is 2. The molecule has 5 heteroatoms. The molecular formula is C12H11FN2O2. The molecule has 1 N–H and O–H groups in total. The van der Waals surface area contributed by atoms with Crippen LogP contribution in [0, 0.1) is 0 Å². The third-order valence-electron chi connectivity index (χ3n) is 2.54. The predicted octanol–water partition coefficient (Wildman–Crippen LogP) is 2.18. The first-order chi connectivity index (χ1) is 8.09. The normalized spacial score (nSPS) is 12.4. The Balaban J connectivity index is 2.29. The molecule has 0 saturated carbocycles. The SMILES string of the molecule is Cn1ccnc1C(F)c1ccc(C(=O)O)cc1. The molecule has 0 radical (unpaired) electrons. The number of carboxylic acids is 1. The van der Waals surface area contributed by atoms with E-state index in [4.69, 9.17) is 5.11 Å². The molecule has 2 aromatic rings. The standard InChI is InChI=1S/C12H11FN2O2/c1-15-7-6-14-11(15)10(13)8-2-4-9(5-3-8)12(16)17/h2-7,10H,1H3,(H,16,17). The third-order valence-corrected chi connectivity index (χ3v) is 2.54. The fourth-order valence-corrected chi connectivity index (χ4v) is 1.57. The molecule has 88 valence electrons. The second kappa shape index (κ2) is 4.37. The number of hydrogen-bond donors (Lipinski definition) is 1. The van der Waals surface area contributed by atoms with Gasteiger partial charge in [-0.15, -0.1) is 0 Å². The van der Waals surface area contributed by atoms with Crippen molar-refractivity contribution in [3.8, 4) is 0 Å². The maximum Gasteiger partial charge on any atom is 0.335 e. The van der Waals surface area contributed by atoms with Gasteiger partial charge in [0.05, 0.1) is 5.56 Å². The van der Waals surface area contributed by atoms with Crippen molar-refractivity contribution in [2.24, 2.45) is 7.05 Å². The molecule has 1 heterocycles. The molecule has 1 aromatic carbocycles. The minimum Gasteiger partial charge on any atom is -0.478 e. The van der Waals surface area contributed by atoms with E-state index in [1.807, 2.05) is 0 Å². The van der Waals surface area contributed by atoms with E-state index in [0.717, 1.165) is 0 Å². The Bertz CT molecular complexity index is 534. The molecular weight excluding hydrogens is 223 g/mol. The average Bonchev–Trinajstić information content (AvgIpc) is 2.74. The molecule has 1 atom stereocenters. The number of carbonyl (C=O) groups is 1. The second-order valence-corrected chi connectivity index (χ2v) is 3.69. The first-order valence-corrected chi connectivity index (χ1v) is 5.04. The molecule has 4 nitrogen and oxygen atoms in total. The van der Waals surface area contributed by atoms with E-state index in [0.29, 0.717) is 11.4 Å². The largest absolute Gasteiger partial charge is 0.478 e. The number of rotatable bonds is 3. The number of halogens is 1. The van der Waals surface area contributed by atoms with Gasteiger partial charge in [-0.05, 0) is 17.7 Å². The van der Waals surface area contributed by atoms with E-state index in [-0.39, 0.29) is 5.56 Å². The van der Waals surface area contributed by atoms with Crippen molar-refractivity contribution in [3.63, 3.8) is 0 Å². The van der Waals surface area contributed by atoms with Gasteiger partial charge < -0.3 is 9.67 Å². The van der Waals surface area contributed by atoms with Crippen LogP contribution in [0.5, 0.6) is 0 Å². The van der Waals surface area contributed by atoms with Crippen LogP contribution in [0.3, 0.4) is 0 Å². The van der Waals surface area contributed by atoms with E-state index in [9.17, 15) is 9.18 Å². The smallest absolute Gasteiger partial charge is 0.335 e. The van der Waals surface area contributed by atoms with Crippen molar-refractivity contribution in [2.45, 2.75) is 6.17 Å². The minimum absolute atomic E-state index is 0.140. The average molecular weight is 234 g/mol. The first-order valence-electron chi connectivity index (χ1n) is 5.04. The van der Waals surface area contributed by atoms with Crippen LogP contribution in [0.25, 0.3) is 0 Å². The lowest BCUT2D eigenvalue weighted by Gasteiger charge is -2.08. The molecule has 0 bridgehead atoms. The Morgan fingerprint density at radius 2 is 2.06 bits per heavy atom. The monoisotopic (exact) mass is 234 g/mol. The van der Waals surface area contributed by atoms with Gasteiger partial charge in [-0.25, -0.2) is 14.2 Å². The molecule has 0 aliphatic heterocycles. The topological polar surface area (TPSA) is 55.1 Å². The lowest BCUT2D eigenvalue weighted by Crippen LogP contribution is -2.04. The van der Waals surface area contributed by atoms with Crippen LogP contribution in [0.15, 0.2) is 36.7 Å². The van der Waals surface area contributed by atoms with E-state index >= 15 is 0 Å². The highest BCUT2D eigenvalue weighted by atomic mass is 19.1. The fraction of sp³-hybridized carbons (Fsp3) is 0.167. The number of hydrogen-bond acceptors (Lipinski definition) is 2. The van der Waals surface area contributed by atoms with Crippen molar-refractivity contribution in [1.82, 2.24) is 9.55 Å². The van der Waals surface area contributed by atoms with Crippen molar-refractivity contribution in [1.29, 1.82) is 0 Å². The zero-order chi connectivity index (χ0) is 12.4.